The Morgan fingerprint density at radius 2 is 2.09 bits per heavy atom. The molecule has 1 saturated heterocycles. The predicted octanol–water partition coefficient (Wildman–Crippen LogP) is 2.13. The normalized spacial score (nSPS) is 17.3. The van der Waals surface area contributed by atoms with Gasteiger partial charge in [-0.3, -0.25) is 4.79 Å². The van der Waals surface area contributed by atoms with Gasteiger partial charge in [0.25, 0.3) is 5.91 Å². The topological polar surface area (TPSA) is 53.0 Å². The Morgan fingerprint density at radius 1 is 1.43 bits per heavy atom. The van der Waals surface area contributed by atoms with Crippen molar-refractivity contribution in [2.75, 3.05) is 33.3 Å². The highest BCUT2D eigenvalue weighted by Gasteiger charge is 2.28. The van der Waals surface area contributed by atoms with Gasteiger partial charge in [0.15, 0.2) is 6.10 Å². The number of hydrogen-bond acceptors (Lipinski definition) is 4. The van der Waals surface area contributed by atoms with Crippen LogP contribution in [0.2, 0.25) is 0 Å². The summed E-state index contributed by atoms with van der Waals surface area (Å²) in [4.78, 5) is 16.6. The summed E-state index contributed by atoms with van der Waals surface area (Å²) in [5.41, 5.74) is 0. The molecule has 1 fully saturated rings. The first-order chi connectivity index (χ1) is 11.0. The summed E-state index contributed by atoms with van der Waals surface area (Å²) in [6.45, 7) is 4.13. The van der Waals surface area contributed by atoms with Gasteiger partial charge in [-0.25, -0.2) is 0 Å². The largest absolute Gasteiger partial charge is 0.480 e. The summed E-state index contributed by atoms with van der Waals surface area (Å²) in [5, 5.41) is 9.02. The van der Waals surface area contributed by atoms with Gasteiger partial charge < -0.3 is 19.6 Å². The van der Waals surface area contributed by atoms with Crippen LogP contribution in [0.5, 0.6) is 5.75 Å². The molecule has 1 heterocycles. The van der Waals surface area contributed by atoms with E-state index >= 15 is 0 Å². The zero-order valence-corrected chi connectivity index (χ0v) is 15.3. The van der Waals surface area contributed by atoms with Gasteiger partial charge in [0, 0.05) is 25.7 Å². The second-order valence-corrected chi connectivity index (χ2v) is 6.81. The van der Waals surface area contributed by atoms with E-state index in [1.165, 1.54) is 0 Å². The van der Waals surface area contributed by atoms with Crippen molar-refractivity contribution in [2.24, 2.45) is 0 Å². The van der Waals surface area contributed by atoms with Crippen LogP contribution in [0.15, 0.2) is 28.7 Å². The molecule has 1 aromatic rings. The zero-order valence-electron chi connectivity index (χ0n) is 13.7. The number of carbonyl (C=O) groups excluding carboxylic acids is 1. The quantitative estimate of drug-likeness (QED) is 0.815. The maximum atomic E-state index is 12.5. The number of amides is 1. The number of hydrogen-bond donors (Lipinski definition) is 1. The Kier molecular flexibility index (Phi) is 6.87. The van der Waals surface area contributed by atoms with Crippen LogP contribution in [-0.2, 0) is 4.79 Å². The number of halogens is 1. The van der Waals surface area contributed by atoms with Crippen LogP contribution in [0.4, 0.5) is 0 Å². The molecule has 2 rings (SSSR count). The number of piperidine rings is 1. The summed E-state index contributed by atoms with van der Waals surface area (Å²) in [7, 11) is 2.02. The summed E-state index contributed by atoms with van der Waals surface area (Å²) in [6.07, 6.45) is 1.37. The number of para-hydroxylation sites is 1. The standard InChI is InChI=1S/C17H25BrN2O3/c1-13(23-16-6-4-3-5-15(16)18)17(22)20-9-7-14(8-10-20)19(2)11-12-21/h3-6,13-14,21H,7-12H2,1-2H3/t13-/m1/s1. The van der Waals surface area contributed by atoms with E-state index in [0.29, 0.717) is 18.3 Å². The van der Waals surface area contributed by atoms with Crippen LogP contribution in [0.3, 0.4) is 0 Å². The van der Waals surface area contributed by atoms with Crippen molar-refractivity contribution in [1.29, 1.82) is 0 Å². The molecule has 1 aliphatic heterocycles. The van der Waals surface area contributed by atoms with Gasteiger partial charge >= 0.3 is 0 Å². The van der Waals surface area contributed by atoms with Gasteiger partial charge in [0.2, 0.25) is 0 Å². The molecule has 0 saturated carbocycles. The number of ether oxygens (including phenoxy) is 1. The van der Waals surface area contributed by atoms with Crippen molar-refractivity contribution < 1.29 is 14.6 Å². The predicted molar refractivity (Wildman–Crippen MR) is 93.5 cm³/mol. The summed E-state index contributed by atoms with van der Waals surface area (Å²) >= 11 is 3.43. The fourth-order valence-electron chi connectivity index (χ4n) is 2.91. The van der Waals surface area contributed by atoms with Gasteiger partial charge in [-0.1, -0.05) is 12.1 Å². The molecule has 1 amide bonds. The molecule has 0 spiro atoms. The third-order valence-electron chi connectivity index (χ3n) is 4.34. The maximum absolute atomic E-state index is 12.5. The van der Waals surface area contributed by atoms with Crippen LogP contribution in [0.1, 0.15) is 19.8 Å². The van der Waals surface area contributed by atoms with E-state index in [9.17, 15) is 4.79 Å². The molecule has 0 unspecified atom stereocenters. The number of likely N-dealkylation sites (tertiary alicyclic amines) is 1. The van der Waals surface area contributed by atoms with Crippen LogP contribution < -0.4 is 4.74 Å². The van der Waals surface area contributed by atoms with Crippen molar-refractivity contribution in [3.8, 4) is 5.75 Å². The molecule has 6 heteroatoms. The number of aliphatic hydroxyl groups excluding tert-OH is 1. The number of benzene rings is 1. The minimum absolute atomic E-state index is 0.0315. The smallest absolute Gasteiger partial charge is 0.263 e. The van der Waals surface area contributed by atoms with Crippen molar-refractivity contribution in [3.05, 3.63) is 28.7 Å². The molecule has 0 radical (unpaired) electrons. The molecule has 1 atom stereocenters. The summed E-state index contributed by atoms with van der Waals surface area (Å²) in [5.74, 6) is 0.718. The van der Waals surface area contributed by atoms with Crippen LogP contribution in [-0.4, -0.2) is 66.2 Å². The Labute approximate surface area is 146 Å². The zero-order chi connectivity index (χ0) is 16.8. The average Bonchev–Trinajstić information content (AvgIpc) is 2.56. The molecule has 5 nitrogen and oxygen atoms in total. The molecule has 0 aromatic heterocycles. The lowest BCUT2D eigenvalue weighted by atomic mass is 10.0. The van der Waals surface area contributed by atoms with Gasteiger partial charge in [-0.2, -0.15) is 0 Å². The summed E-state index contributed by atoms with van der Waals surface area (Å²) in [6, 6.07) is 7.99. The van der Waals surface area contributed by atoms with E-state index in [4.69, 9.17) is 9.84 Å². The highest BCUT2D eigenvalue weighted by Crippen LogP contribution is 2.25. The molecular weight excluding hydrogens is 360 g/mol. The maximum Gasteiger partial charge on any atom is 0.263 e. The Balaban J connectivity index is 1.86. The van der Waals surface area contributed by atoms with Crippen LogP contribution in [0.25, 0.3) is 0 Å². The van der Waals surface area contributed by atoms with Crippen molar-refractivity contribution in [1.82, 2.24) is 9.80 Å². The van der Waals surface area contributed by atoms with E-state index < -0.39 is 6.10 Å². The number of aliphatic hydroxyl groups is 1. The lowest BCUT2D eigenvalue weighted by Crippen LogP contribution is -2.49. The summed E-state index contributed by atoms with van der Waals surface area (Å²) < 4.78 is 6.64. The first-order valence-electron chi connectivity index (χ1n) is 8.04. The molecule has 1 aromatic carbocycles. The van der Waals surface area contributed by atoms with Crippen molar-refractivity contribution >= 4 is 21.8 Å². The lowest BCUT2D eigenvalue weighted by molar-refractivity contribution is -0.139. The van der Waals surface area contributed by atoms with E-state index in [-0.39, 0.29) is 12.5 Å². The molecule has 0 aliphatic carbocycles. The molecular formula is C17H25BrN2O3. The minimum atomic E-state index is -0.500. The van der Waals surface area contributed by atoms with Crippen LogP contribution in [0, 0.1) is 0 Å². The first kappa shape index (κ1) is 18.2. The highest BCUT2D eigenvalue weighted by atomic mass is 79.9. The molecule has 1 N–H and O–H groups in total. The van der Waals surface area contributed by atoms with Gasteiger partial charge in [0.1, 0.15) is 5.75 Å². The van der Waals surface area contributed by atoms with E-state index in [0.717, 1.165) is 30.4 Å². The number of rotatable bonds is 6. The SMILES string of the molecule is C[C@@H](Oc1ccccc1Br)C(=O)N1CCC(N(C)CCO)CC1. The van der Waals surface area contributed by atoms with Gasteiger partial charge in [0.05, 0.1) is 11.1 Å². The van der Waals surface area contributed by atoms with Crippen molar-refractivity contribution in [2.45, 2.75) is 31.9 Å². The minimum Gasteiger partial charge on any atom is -0.480 e. The van der Waals surface area contributed by atoms with E-state index in [1.807, 2.05) is 36.2 Å². The Morgan fingerprint density at radius 3 is 2.70 bits per heavy atom. The van der Waals surface area contributed by atoms with Gasteiger partial charge in [-0.05, 0) is 54.9 Å². The fraction of sp³-hybridized carbons (Fsp3) is 0.588. The van der Waals surface area contributed by atoms with Crippen molar-refractivity contribution in [3.63, 3.8) is 0 Å². The molecule has 128 valence electrons. The molecule has 0 bridgehead atoms. The second kappa shape index (κ2) is 8.66. The third-order valence-corrected chi connectivity index (χ3v) is 5.00. The molecule has 23 heavy (non-hydrogen) atoms. The second-order valence-electron chi connectivity index (χ2n) is 5.95. The monoisotopic (exact) mass is 384 g/mol. The number of nitrogens with zero attached hydrogens (tertiary/aromatic N) is 2. The van der Waals surface area contributed by atoms with E-state index in [1.54, 1.807) is 6.92 Å². The van der Waals surface area contributed by atoms with Gasteiger partial charge in [-0.15, -0.1) is 0 Å². The Hall–Kier alpha value is -1.11. The first-order valence-corrected chi connectivity index (χ1v) is 8.83. The fourth-order valence-corrected chi connectivity index (χ4v) is 3.28. The number of carbonyl (C=O) groups is 1. The molecule has 1 aliphatic rings. The average molecular weight is 385 g/mol. The van der Waals surface area contributed by atoms with Crippen LogP contribution >= 0.6 is 15.9 Å². The number of likely N-dealkylation sites (N-methyl/N-ethyl adjacent to an activating group) is 1. The third kappa shape index (κ3) is 4.93. The Bertz CT molecular complexity index is 518. The lowest BCUT2D eigenvalue weighted by Gasteiger charge is -2.37. The van der Waals surface area contributed by atoms with E-state index in [2.05, 4.69) is 20.8 Å². The highest BCUT2D eigenvalue weighted by molar-refractivity contribution is 9.10.